The van der Waals surface area contributed by atoms with Crippen LogP contribution in [0.15, 0.2) is 28.7 Å². The van der Waals surface area contributed by atoms with Crippen molar-refractivity contribution in [3.63, 3.8) is 0 Å². The van der Waals surface area contributed by atoms with Gasteiger partial charge in [0.1, 0.15) is 16.0 Å². The van der Waals surface area contributed by atoms with Gasteiger partial charge >= 0.3 is 0 Å². The normalized spacial score (nSPS) is 12.8. The number of benzene rings is 1. The summed E-state index contributed by atoms with van der Waals surface area (Å²) in [6, 6.07) is 4.41. The summed E-state index contributed by atoms with van der Waals surface area (Å²) in [6.45, 7) is 0. The quantitative estimate of drug-likeness (QED) is 0.858. The molecule has 0 aliphatic heterocycles. The van der Waals surface area contributed by atoms with E-state index in [1.807, 2.05) is 0 Å². The summed E-state index contributed by atoms with van der Waals surface area (Å²) >= 11 is 10.4. The fraction of sp³-hybridized carbons (Fsp3) is 0.0909. The van der Waals surface area contributed by atoms with E-state index < -0.39 is 17.7 Å². The topological polar surface area (TPSA) is 26.0 Å². The minimum absolute atomic E-state index is 0.382. The molecular formula is C11H7BrClF2NS. The van der Waals surface area contributed by atoms with Gasteiger partial charge in [0.25, 0.3) is 0 Å². The van der Waals surface area contributed by atoms with Gasteiger partial charge in [-0.3, -0.25) is 0 Å². The second kappa shape index (κ2) is 5.02. The Kier molecular flexibility index (Phi) is 3.82. The first-order valence-corrected chi connectivity index (χ1v) is 6.62. The average Bonchev–Trinajstić information content (AvgIpc) is 2.57. The molecule has 1 aromatic carbocycles. The standard InChI is InChI=1S/C11H7BrClF2NS/c12-8-4-9(17-11(8)13)10(16)5-1-6(14)3-7(15)2-5/h1-4,10H,16H2. The summed E-state index contributed by atoms with van der Waals surface area (Å²) in [5.41, 5.74) is 6.32. The van der Waals surface area contributed by atoms with Gasteiger partial charge in [0.2, 0.25) is 0 Å². The van der Waals surface area contributed by atoms with E-state index in [0.29, 0.717) is 9.90 Å². The van der Waals surface area contributed by atoms with Gasteiger partial charge < -0.3 is 5.73 Å². The molecule has 0 aliphatic rings. The Hall–Kier alpha value is -0.490. The van der Waals surface area contributed by atoms with Gasteiger partial charge in [-0.2, -0.15) is 0 Å². The van der Waals surface area contributed by atoms with Crippen molar-refractivity contribution in [2.24, 2.45) is 5.73 Å². The van der Waals surface area contributed by atoms with Crippen LogP contribution in [0.25, 0.3) is 0 Å². The van der Waals surface area contributed by atoms with Crippen molar-refractivity contribution in [3.05, 3.63) is 55.1 Å². The van der Waals surface area contributed by atoms with Crippen LogP contribution in [0, 0.1) is 11.6 Å². The molecule has 0 bridgehead atoms. The first-order valence-electron chi connectivity index (χ1n) is 4.63. The van der Waals surface area contributed by atoms with Gasteiger partial charge in [-0.1, -0.05) is 11.6 Å². The van der Waals surface area contributed by atoms with Gasteiger partial charge in [0.05, 0.1) is 6.04 Å². The zero-order chi connectivity index (χ0) is 12.6. The van der Waals surface area contributed by atoms with Crippen molar-refractivity contribution in [3.8, 4) is 0 Å². The highest BCUT2D eigenvalue weighted by Crippen LogP contribution is 2.36. The van der Waals surface area contributed by atoms with Crippen LogP contribution >= 0.6 is 38.9 Å². The zero-order valence-corrected chi connectivity index (χ0v) is 11.5. The molecule has 0 saturated carbocycles. The van der Waals surface area contributed by atoms with Crippen LogP contribution in [0.2, 0.25) is 4.34 Å². The smallest absolute Gasteiger partial charge is 0.126 e. The molecule has 0 fully saturated rings. The SMILES string of the molecule is NC(c1cc(F)cc(F)c1)c1cc(Br)c(Cl)s1. The molecule has 1 nitrogen and oxygen atoms in total. The lowest BCUT2D eigenvalue weighted by atomic mass is 10.1. The maximum absolute atomic E-state index is 13.1. The molecule has 1 aromatic heterocycles. The summed E-state index contributed by atoms with van der Waals surface area (Å²) in [5.74, 6) is -1.28. The molecule has 0 amide bonds. The molecule has 2 N–H and O–H groups in total. The zero-order valence-electron chi connectivity index (χ0n) is 8.38. The van der Waals surface area contributed by atoms with E-state index >= 15 is 0 Å². The van der Waals surface area contributed by atoms with E-state index in [-0.39, 0.29) is 0 Å². The molecule has 1 unspecified atom stereocenters. The minimum Gasteiger partial charge on any atom is -0.320 e. The Labute approximate surface area is 114 Å². The van der Waals surface area contributed by atoms with E-state index in [9.17, 15) is 8.78 Å². The summed E-state index contributed by atoms with van der Waals surface area (Å²) in [4.78, 5) is 0.742. The van der Waals surface area contributed by atoms with Crippen LogP contribution in [-0.4, -0.2) is 0 Å². The monoisotopic (exact) mass is 337 g/mol. The average molecular weight is 339 g/mol. The Bertz CT molecular complexity index is 519. The van der Waals surface area contributed by atoms with Crippen molar-refractivity contribution >= 4 is 38.9 Å². The van der Waals surface area contributed by atoms with Gasteiger partial charge in [0.15, 0.2) is 0 Å². The molecule has 0 aliphatic carbocycles. The third-order valence-electron chi connectivity index (χ3n) is 2.21. The number of halogens is 4. The molecular weight excluding hydrogens is 332 g/mol. The molecule has 17 heavy (non-hydrogen) atoms. The predicted octanol–water partition coefficient (Wildman–Crippen LogP) is 4.49. The highest BCUT2D eigenvalue weighted by Gasteiger charge is 2.15. The van der Waals surface area contributed by atoms with E-state index in [0.717, 1.165) is 15.4 Å². The van der Waals surface area contributed by atoms with E-state index in [1.165, 1.54) is 23.5 Å². The largest absolute Gasteiger partial charge is 0.320 e. The van der Waals surface area contributed by atoms with E-state index in [2.05, 4.69) is 15.9 Å². The molecule has 90 valence electrons. The summed E-state index contributed by atoms with van der Waals surface area (Å²) in [6.07, 6.45) is 0. The second-order valence-corrected chi connectivity index (χ2v) is 5.99. The van der Waals surface area contributed by atoms with Gasteiger partial charge in [-0.15, -0.1) is 11.3 Å². The maximum atomic E-state index is 13.1. The van der Waals surface area contributed by atoms with Crippen molar-refractivity contribution in [1.82, 2.24) is 0 Å². The Morgan fingerprint density at radius 3 is 2.24 bits per heavy atom. The van der Waals surface area contributed by atoms with Gasteiger partial charge in [0, 0.05) is 15.4 Å². The first-order chi connectivity index (χ1) is 7.97. The van der Waals surface area contributed by atoms with Crippen LogP contribution in [0.5, 0.6) is 0 Å². The lowest BCUT2D eigenvalue weighted by molar-refractivity contribution is 0.577. The summed E-state index contributed by atoms with van der Waals surface area (Å²) < 4.78 is 27.4. The Morgan fingerprint density at radius 1 is 1.18 bits per heavy atom. The molecule has 6 heteroatoms. The van der Waals surface area contributed by atoms with Crippen LogP contribution in [0.4, 0.5) is 8.78 Å². The summed E-state index contributed by atoms with van der Waals surface area (Å²) in [5, 5.41) is 0. The molecule has 0 radical (unpaired) electrons. The van der Waals surface area contributed by atoms with Crippen molar-refractivity contribution in [2.45, 2.75) is 6.04 Å². The fourth-order valence-electron chi connectivity index (χ4n) is 1.44. The highest BCUT2D eigenvalue weighted by molar-refractivity contribution is 9.10. The van der Waals surface area contributed by atoms with Crippen molar-refractivity contribution < 1.29 is 8.78 Å². The van der Waals surface area contributed by atoms with E-state index in [4.69, 9.17) is 17.3 Å². The van der Waals surface area contributed by atoms with Crippen LogP contribution in [0.1, 0.15) is 16.5 Å². The third kappa shape index (κ3) is 2.85. The Balaban J connectivity index is 2.39. The molecule has 2 aromatic rings. The molecule has 2 rings (SSSR count). The number of nitrogens with two attached hydrogens (primary N) is 1. The van der Waals surface area contributed by atoms with Gasteiger partial charge in [-0.25, -0.2) is 8.78 Å². The van der Waals surface area contributed by atoms with Crippen LogP contribution in [0.3, 0.4) is 0 Å². The van der Waals surface area contributed by atoms with Crippen LogP contribution in [-0.2, 0) is 0 Å². The number of thiophene rings is 1. The van der Waals surface area contributed by atoms with Crippen molar-refractivity contribution in [2.75, 3.05) is 0 Å². The highest BCUT2D eigenvalue weighted by atomic mass is 79.9. The van der Waals surface area contributed by atoms with Crippen molar-refractivity contribution in [1.29, 1.82) is 0 Å². The maximum Gasteiger partial charge on any atom is 0.126 e. The summed E-state index contributed by atoms with van der Waals surface area (Å²) in [7, 11) is 0. The fourth-order valence-corrected chi connectivity index (χ4v) is 3.20. The lowest BCUT2D eigenvalue weighted by Crippen LogP contribution is -2.10. The lowest BCUT2D eigenvalue weighted by Gasteiger charge is -2.10. The van der Waals surface area contributed by atoms with Gasteiger partial charge in [-0.05, 0) is 39.7 Å². The minimum atomic E-state index is -0.642. The van der Waals surface area contributed by atoms with Crippen LogP contribution < -0.4 is 5.73 Å². The molecule has 0 spiro atoms. The molecule has 1 heterocycles. The molecule has 0 saturated heterocycles. The van der Waals surface area contributed by atoms with E-state index in [1.54, 1.807) is 6.07 Å². The second-order valence-electron chi connectivity index (χ2n) is 3.45. The molecule has 1 atom stereocenters. The number of rotatable bonds is 2. The number of hydrogen-bond donors (Lipinski definition) is 1. The Morgan fingerprint density at radius 2 is 1.76 bits per heavy atom. The third-order valence-corrected chi connectivity index (χ3v) is 4.77. The number of hydrogen-bond acceptors (Lipinski definition) is 2. The predicted molar refractivity (Wildman–Crippen MR) is 69.4 cm³/mol. The first kappa shape index (κ1) is 13.0.